The Morgan fingerprint density at radius 3 is 2.20 bits per heavy atom. The van der Waals surface area contributed by atoms with Gasteiger partial charge in [0.25, 0.3) is 0 Å². The minimum Gasteiger partial charge on any atom is -0.393 e. The molecule has 2 aliphatic rings. The fourth-order valence-electron chi connectivity index (χ4n) is 2.55. The third kappa shape index (κ3) is 0.968. The first kappa shape index (κ1) is 6.66. The van der Waals surface area contributed by atoms with Crippen molar-refractivity contribution in [3.8, 4) is 0 Å². The smallest absolute Gasteiger partial charge is 0.0545 e. The van der Waals surface area contributed by atoms with Crippen LogP contribution in [0.25, 0.3) is 0 Å². The third-order valence-corrected chi connectivity index (χ3v) is 3.33. The quantitative estimate of drug-likeness (QED) is 0.546. The molecule has 0 bridgehead atoms. The summed E-state index contributed by atoms with van der Waals surface area (Å²) < 4.78 is 0. The van der Waals surface area contributed by atoms with Gasteiger partial charge in [0.2, 0.25) is 0 Å². The molecule has 1 N–H and O–H groups in total. The van der Waals surface area contributed by atoms with Crippen molar-refractivity contribution < 1.29 is 5.11 Å². The van der Waals surface area contributed by atoms with Crippen LogP contribution >= 0.6 is 0 Å². The lowest BCUT2D eigenvalue weighted by atomic mass is 9.60. The molecule has 0 aliphatic heterocycles. The van der Waals surface area contributed by atoms with Crippen LogP contribution in [-0.2, 0) is 0 Å². The molecule has 0 heterocycles. The number of hydrogen-bond acceptors (Lipinski definition) is 1. The molecule has 0 amide bonds. The van der Waals surface area contributed by atoms with Crippen LogP contribution in [0.4, 0.5) is 0 Å². The maximum Gasteiger partial charge on any atom is 0.0545 e. The van der Waals surface area contributed by atoms with Gasteiger partial charge in [-0.1, -0.05) is 12.8 Å². The van der Waals surface area contributed by atoms with Crippen molar-refractivity contribution in [1.82, 2.24) is 0 Å². The first-order valence-corrected chi connectivity index (χ1v) is 4.49. The minimum atomic E-state index is 0.0362. The molecule has 2 aliphatic carbocycles. The van der Waals surface area contributed by atoms with Crippen molar-refractivity contribution in [2.45, 2.75) is 51.0 Å². The second kappa shape index (κ2) is 2.23. The van der Waals surface area contributed by atoms with Crippen molar-refractivity contribution in [3.63, 3.8) is 0 Å². The first-order chi connectivity index (χ1) is 4.81. The van der Waals surface area contributed by atoms with E-state index >= 15 is 0 Å². The average molecular weight is 140 g/mol. The molecular formula is C9H16O. The van der Waals surface area contributed by atoms with Gasteiger partial charge in [0.05, 0.1) is 6.10 Å². The molecule has 0 radical (unpaired) electrons. The molecule has 2 rings (SSSR count). The molecule has 1 nitrogen and oxygen atoms in total. The summed E-state index contributed by atoms with van der Waals surface area (Å²) in [6, 6.07) is 0. The zero-order valence-corrected chi connectivity index (χ0v) is 6.47. The van der Waals surface area contributed by atoms with Gasteiger partial charge in [0, 0.05) is 0 Å². The van der Waals surface area contributed by atoms with Crippen LogP contribution in [0.2, 0.25) is 0 Å². The summed E-state index contributed by atoms with van der Waals surface area (Å²) in [6.07, 6.45) is 9.05. The monoisotopic (exact) mass is 140 g/mol. The van der Waals surface area contributed by atoms with Crippen LogP contribution in [0.1, 0.15) is 44.9 Å². The van der Waals surface area contributed by atoms with Crippen LogP contribution in [0.15, 0.2) is 0 Å². The highest BCUT2D eigenvalue weighted by Crippen LogP contribution is 2.51. The fraction of sp³-hybridized carbons (Fsp3) is 1.00. The average Bonchev–Trinajstić information content (AvgIpc) is 1.85. The molecule has 1 unspecified atom stereocenters. The molecule has 1 spiro atoms. The molecule has 0 aromatic heterocycles. The van der Waals surface area contributed by atoms with E-state index in [0.29, 0.717) is 5.41 Å². The van der Waals surface area contributed by atoms with E-state index in [1.54, 1.807) is 0 Å². The Morgan fingerprint density at radius 1 is 1.10 bits per heavy atom. The highest BCUT2D eigenvalue weighted by Gasteiger charge is 2.40. The largest absolute Gasteiger partial charge is 0.393 e. The van der Waals surface area contributed by atoms with Crippen molar-refractivity contribution in [1.29, 1.82) is 0 Å². The van der Waals surface area contributed by atoms with E-state index in [0.717, 1.165) is 12.8 Å². The summed E-state index contributed by atoms with van der Waals surface area (Å²) in [5.41, 5.74) is 0.623. The van der Waals surface area contributed by atoms with Gasteiger partial charge in [-0.25, -0.2) is 0 Å². The molecule has 10 heavy (non-hydrogen) atoms. The van der Waals surface area contributed by atoms with E-state index in [-0.39, 0.29) is 6.10 Å². The van der Waals surface area contributed by atoms with Crippen LogP contribution < -0.4 is 0 Å². The lowest BCUT2D eigenvalue weighted by Crippen LogP contribution is -2.36. The van der Waals surface area contributed by atoms with Gasteiger partial charge in [-0.05, 0) is 37.5 Å². The summed E-state index contributed by atoms with van der Waals surface area (Å²) in [5.74, 6) is 0. The summed E-state index contributed by atoms with van der Waals surface area (Å²) in [5, 5.41) is 9.41. The standard InChI is InChI=1S/C9H16O/c10-8-3-1-4-9(7-8)5-2-6-9/h8,10H,1-7H2. The van der Waals surface area contributed by atoms with E-state index in [2.05, 4.69) is 0 Å². The lowest BCUT2D eigenvalue weighted by Gasteiger charge is -2.46. The Hall–Kier alpha value is -0.0400. The first-order valence-electron chi connectivity index (χ1n) is 4.49. The van der Waals surface area contributed by atoms with Crippen LogP contribution in [0.3, 0.4) is 0 Å². The Morgan fingerprint density at radius 2 is 1.80 bits per heavy atom. The van der Waals surface area contributed by atoms with E-state index in [4.69, 9.17) is 0 Å². The Balaban J connectivity index is 1.96. The Kier molecular flexibility index (Phi) is 1.48. The molecule has 2 fully saturated rings. The van der Waals surface area contributed by atoms with Crippen molar-refractivity contribution in [2.75, 3.05) is 0 Å². The maximum absolute atomic E-state index is 9.41. The van der Waals surface area contributed by atoms with Gasteiger partial charge in [-0.3, -0.25) is 0 Å². The van der Waals surface area contributed by atoms with Crippen molar-refractivity contribution in [2.24, 2.45) is 5.41 Å². The number of aliphatic hydroxyl groups excluding tert-OH is 1. The van der Waals surface area contributed by atoms with Crippen molar-refractivity contribution >= 4 is 0 Å². The fourth-order valence-corrected chi connectivity index (χ4v) is 2.55. The molecule has 0 aromatic carbocycles. The SMILES string of the molecule is OC1CCCC2(CCC2)C1. The number of hydrogen-bond donors (Lipinski definition) is 1. The molecular weight excluding hydrogens is 124 g/mol. The Bertz CT molecular complexity index is 127. The zero-order valence-electron chi connectivity index (χ0n) is 6.47. The van der Waals surface area contributed by atoms with Gasteiger partial charge in [0.1, 0.15) is 0 Å². The number of aliphatic hydroxyl groups is 1. The van der Waals surface area contributed by atoms with E-state index < -0.39 is 0 Å². The summed E-state index contributed by atoms with van der Waals surface area (Å²) >= 11 is 0. The lowest BCUT2D eigenvalue weighted by molar-refractivity contribution is -0.00346. The molecule has 0 aromatic rings. The van der Waals surface area contributed by atoms with Crippen LogP contribution in [0, 0.1) is 5.41 Å². The second-order valence-electron chi connectivity index (χ2n) is 4.10. The molecule has 0 saturated heterocycles. The van der Waals surface area contributed by atoms with Crippen LogP contribution in [0.5, 0.6) is 0 Å². The molecule has 1 heteroatoms. The molecule has 2 saturated carbocycles. The van der Waals surface area contributed by atoms with Crippen LogP contribution in [-0.4, -0.2) is 11.2 Å². The molecule has 58 valence electrons. The van der Waals surface area contributed by atoms with E-state index in [1.807, 2.05) is 0 Å². The Labute approximate surface area is 62.4 Å². The second-order valence-corrected chi connectivity index (χ2v) is 4.10. The van der Waals surface area contributed by atoms with Gasteiger partial charge in [-0.2, -0.15) is 0 Å². The zero-order chi connectivity index (χ0) is 7.03. The normalized spacial score (nSPS) is 37.5. The molecule has 1 atom stereocenters. The minimum absolute atomic E-state index is 0.0362. The highest BCUT2D eigenvalue weighted by molar-refractivity contribution is 4.92. The predicted octanol–water partition coefficient (Wildman–Crippen LogP) is 2.09. The van der Waals surface area contributed by atoms with Gasteiger partial charge in [0.15, 0.2) is 0 Å². The van der Waals surface area contributed by atoms with Crippen molar-refractivity contribution in [3.05, 3.63) is 0 Å². The summed E-state index contributed by atoms with van der Waals surface area (Å²) in [4.78, 5) is 0. The van der Waals surface area contributed by atoms with E-state index in [9.17, 15) is 5.11 Å². The van der Waals surface area contributed by atoms with Gasteiger partial charge in [-0.15, -0.1) is 0 Å². The summed E-state index contributed by atoms with van der Waals surface area (Å²) in [6.45, 7) is 0. The number of rotatable bonds is 0. The van der Waals surface area contributed by atoms with Gasteiger partial charge < -0.3 is 5.11 Å². The third-order valence-electron chi connectivity index (χ3n) is 3.33. The van der Waals surface area contributed by atoms with Gasteiger partial charge >= 0.3 is 0 Å². The highest BCUT2D eigenvalue weighted by atomic mass is 16.3. The van der Waals surface area contributed by atoms with E-state index in [1.165, 1.54) is 32.1 Å². The summed E-state index contributed by atoms with van der Waals surface area (Å²) in [7, 11) is 0. The predicted molar refractivity (Wildman–Crippen MR) is 40.8 cm³/mol. The maximum atomic E-state index is 9.41. The topological polar surface area (TPSA) is 20.2 Å².